The van der Waals surface area contributed by atoms with Crippen LogP contribution in [0.3, 0.4) is 0 Å². The Bertz CT molecular complexity index is 286. The van der Waals surface area contributed by atoms with Crippen molar-refractivity contribution in [1.29, 1.82) is 0 Å². The van der Waals surface area contributed by atoms with Crippen molar-refractivity contribution in [2.75, 3.05) is 0 Å². The molecule has 0 aliphatic carbocycles. The Labute approximate surface area is 80.8 Å². The van der Waals surface area contributed by atoms with Crippen molar-refractivity contribution < 1.29 is 0 Å². The van der Waals surface area contributed by atoms with E-state index in [2.05, 4.69) is 10.7 Å². The highest BCUT2D eigenvalue weighted by atomic mass is 35.5. The van der Waals surface area contributed by atoms with E-state index >= 15 is 0 Å². The first kappa shape index (κ1) is 8.02. The first-order valence-electron chi connectivity index (χ1n) is 3.68. The third kappa shape index (κ3) is 1.59. The smallest absolute Gasteiger partial charge is 0.102 e. The molecule has 12 heavy (non-hydrogen) atoms. The van der Waals surface area contributed by atoms with Crippen molar-refractivity contribution in [1.82, 2.24) is 5.32 Å². The summed E-state index contributed by atoms with van der Waals surface area (Å²) in [7, 11) is 0. The maximum Gasteiger partial charge on any atom is 0.102 e. The van der Waals surface area contributed by atoms with E-state index in [1.54, 1.807) is 11.8 Å². The van der Waals surface area contributed by atoms with Crippen LogP contribution in [0, 0.1) is 0 Å². The first-order chi connectivity index (χ1) is 5.86. The molecule has 1 heterocycles. The van der Waals surface area contributed by atoms with E-state index in [9.17, 15) is 0 Å². The lowest BCUT2D eigenvalue weighted by Crippen LogP contribution is -2.06. The van der Waals surface area contributed by atoms with Gasteiger partial charge in [0, 0.05) is 11.2 Å². The SMILES string of the molecule is Clc1ccc(C2NC=CS2)cc1. The average molecular weight is 198 g/mol. The molecule has 1 aromatic rings. The summed E-state index contributed by atoms with van der Waals surface area (Å²) in [5, 5.41) is 6.44. The van der Waals surface area contributed by atoms with Crippen LogP contribution in [0.4, 0.5) is 0 Å². The van der Waals surface area contributed by atoms with Gasteiger partial charge in [-0.15, -0.1) is 11.8 Å². The van der Waals surface area contributed by atoms with Gasteiger partial charge in [0.1, 0.15) is 5.37 Å². The second-order valence-corrected chi connectivity index (χ2v) is 3.99. The predicted octanol–water partition coefficient (Wildman–Crippen LogP) is 3.15. The van der Waals surface area contributed by atoms with Gasteiger partial charge in [-0.05, 0) is 23.1 Å². The van der Waals surface area contributed by atoms with Gasteiger partial charge in [-0.25, -0.2) is 0 Å². The molecular formula is C9H8ClNS. The van der Waals surface area contributed by atoms with Crippen LogP contribution in [0.5, 0.6) is 0 Å². The van der Waals surface area contributed by atoms with Crippen molar-refractivity contribution in [2.45, 2.75) is 5.37 Å². The van der Waals surface area contributed by atoms with Crippen LogP contribution < -0.4 is 5.32 Å². The molecule has 0 saturated heterocycles. The molecule has 0 bridgehead atoms. The summed E-state index contributed by atoms with van der Waals surface area (Å²) in [6.45, 7) is 0. The van der Waals surface area contributed by atoms with Crippen LogP contribution in [0.1, 0.15) is 10.9 Å². The fourth-order valence-electron chi connectivity index (χ4n) is 1.10. The summed E-state index contributed by atoms with van der Waals surface area (Å²) >= 11 is 7.54. The first-order valence-corrected chi connectivity index (χ1v) is 5.00. The summed E-state index contributed by atoms with van der Waals surface area (Å²) in [5.74, 6) is 0. The van der Waals surface area contributed by atoms with Crippen molar-refractivity contribution in [3.63, 3.8) is 0 Å². The van der Waals surface area contributed by atoms with Gasteiger partial charge in [-0.3, -0.25) is 0 Å². The Balaban J connectivity index is 2.18. The van der Waals surface area contributed by atoms with Crippen LogP contribution in [0.25, 0.3) is 0 Å². The van der Waals surface area contributed by atoms with E-state index in [4.69, 9.17) is 11.6 Å². The van der Waals surface area contributed by atoms with E-state index in [-0.39, 0.29) is 0 Å². The van der Waals surface area contributed by atoms with Gasteiger partial charge in [0.15, 0.2) is 0 Å². The Morgan fingerprint density at radius 2 is 2.00 bits per heavy atom. The number of halogens is 1. The summed E-state index contributed by atoms with van der Waals surface area (Å²) in [6, 6.07) is 7.91. The molecule has 2 rings (SSSR count). The molecule has 1 unspecified atom stereocenters. The van der Waals surface area contributed by atoms with E-state index in [0.717, 1.165) is 5.02 Å². The summed E-state index contributed by atoms with van der Waals surface area (Å²) in [5.41, 5.74) is 1.26. The Morgan fingerprint density at radius 1 is 1.25 bits per heavy atom. The van der Waals surface area contributed by atoms with Gasteiger partial charge >= 0.3 is 0 Å². The Morgan fingerprint density at radius 3 is 2.58 bits per heavy atom. The summed E-state index contributed by atoms with van der Waals surface area (Å²) < 4.78 is 0. The third-order valence-corrected chi connectivity index (χ3v) is 2.93. The normalized spacial score (nSPS) is 20.9. The molecule has 1 aliphatic heterocycles. The largest absolute Gasteiger partial charge is 0.375 e. The van der Waals surface area contributed by atoms with Crippen LogP contribution >= 0.6 is 23.4 Å². The van der Waals surface area contributed by atoms with E-state index in [1.165, 1.54) is 5.56 Å². The number of hydrogen-bond acceptors (Lipinski definition) is 2. The van der Waals surface area contributed by atoms with E-state index < -0.39 is 0 Å². The second-order valence-electron chi connectivity index (χ2n) is 2.54. The van der Waals surface area contributed by atoms with Crippen molar-refractivity contribution in [3.8, 4) is 0 Å². The standard InChI is InChI=1S/C9H8ClNS/c10-8-3-1-7(2-4-8)9-11-5-6-12-9/h1-6,9,11H. The van der Waals surface area contributed by atoms with Crippen LogP contribution in [-0.2, 0) is 0 Å². The number of rotatable bonds is 1. The second kappa shape index (κ2) is 3.42. The molecule has 0 fully saturated rings. The summed E-state index contributed by atoms with van der Waals surface area (Å²) in [6.07, 6.45) is 1.96. The quantitative estimate of drug-likeness (QED) is 0.743. The third-order valence-electron chi connectivity index (χ3n) is 1.70. The van der Waals surface area contributed by atoms with E-state index in [1.807, 2.05) is 30.5 Å². The number of benzene rings is 1. The molecule has 1 aromatic carbocycles. The fraction of sp³-hybridized carbons (Fsp3) is 0.111. The van der Waals surface area contributed by atoms with Gasteiger partial charge < -0.3 is 5.32 Å². The van der Waals surface area contributed by atoms with Gasteiger partial charge in [0.25, 0.3) is 0 Å². The Hall–Kier alpha value is -0.600. The van der Waals surface area contributed by atoms with Gasteiger partial charge in [0.05, 0.1) is 0 Å². The molecule has 0 aromatic heterocycles. The number of hydrogen-bond donors (Lipinski definition) is 1. The molecule has 62 valence electrons. The molecule has 1 atom stereocenters. The highest BCUT2D eigenvalue weighted by Gasteiger charge is 2.11. The van der Waals surface area contributed by atoms with Crippen molar-refractivity contribution in [2.24, 2.45) is 0 Å². The zero-order valence-electron chi connectivity index (χ0n) is 6.33. The zero-order valence-corrected chi connectivity index (χ0v) is 7.90. The minimum Gasteiger partial charge on any atom is -0.375 e. The molecule has 0 amide bonds. The van der Waals surface area contributed by atoms with Crippen LogP contribution in [-0.4, -0.2) is 0 Å². The van der Waals surface area contributed by atoms with Crippen LogP contribution in [0.15, 0.2) is 35.9 Å². The Kier molecular flexibility index (Phi) is 2.28. The summed E-state index contributed by atoms with van der Waals surface area (Å²) in [4.78, 5) is 0. The lowest BCUT2D eigenvalue weighted by Gasteiger charge is -2.09. The van der Waals surface area contributed by atoms with Crippen molar-refractivity contribution >= 4 is 23.4 Å². The highest BCUT2D eigenvalue weighted by molar-refractivity contribution is 8.02. The zero-order chi connectivity index (χ0) is 8.39. The molecule has 1 nitrogen and oxygen atoms in total. The molecular weight excluding hydrogens is 190 g/mol. The molecule has 1 N–H and O–H groups in total. The van der Waals surface area contributed by atoms with Gasteiger partial charge in [-0.1, -0.05) is 23.7 Å². The lowest BCUT2D eigenvalue weighted by molar-refractivity contribution is 0.862. The number of nitrogens with one attached hydrogen (secondary N) is 1. The predicted molar refractivity (Wildman–Crippen MR) is 54.1 cm³/mol. The maximum absolute atomic E-state index is 5.78. The number of thioether (sulfide) groups is 1. The van der Waals surface area contributed by atoms with Gasteiger partial charge in [-0.2, -0.15) is 0 Å². The molecule has 0 radical (unpaired) electrons. The maximum atomic E-state index is 5.78. The monoisotopic (exact) mass is 197 g/mol. The topological polar surface area (TPSA) is 12.0 Å². The van der Waals surface area contributed by atoms with Crippen molar-refractivity contribution in [3.05, 3.63) is 46.5 Å². The lowest BCUT2D eigenvalue weighted by atomic mass is 10.2. The molecule has 3 heteroatoms. The van der Waals surface area contributed by atoms with E-state index in [0.29, 0.717) is 5.37 Å². The molecule has 1 aliphatic rings. The minimum absolute atomic E-state index is 0.363. The molecule has 0 spiro atoms. The highest BCUT2D eigenvalue weighted by Crippen LogP contribution is 2.31. The average Bonchev–Trinajstić information content (AvgIpc) is 2.58. The van der Waals surface area contributed by atoms with Crippen LogP contribution in [0.2, 0.25) is 5.02 Å². The molecule has 0 saturated carbocycles. The fourth-order valence-corrected chi connectivity index (χ4v) is 2.01. The minimum atomic E-state index is 0.363. The van der Waals surface area contributed by atoms with Gasteiger partial charge in [0.2, 0.25) is 0 Å².